The number of anilines is 1. The number of rotatable bonds is 6. The van der Waals surface area contributed by atoms with Crippen molar-refractivity contribution in [3.63, 3.8) is 0 Å². The maximum Gasteiger partial charge on any atom is 0.272 e. The molecule has 1 heterocycles. The van der Waals surface area contributed by atoms with Gasteiger partial charge in [0.2, 0.25) is 6.10 Å². The highest BCUT2D eigenvalue weighted by Crippen LogP contribution is 2.39. The number of carbonyl (C=O) groups is 1. The van der Waals surface area contributed by atoms with Gasteiger partial charge >= 0.3 is 0 Å². The van der Waals surface area contributed by atoms with E-state index in [1.54, 1.807) is 12.1 Å². The average molecular weight is 460 g/mol. The Morgan fingerprint density at radius 3 is 2.77 bits per heavy atom. The number of amides is 1. The molecular formula is C21H21IN2O2. The highest BCUT2D eigenvalue weighted by Gasteiger charge is 2.35. The van der Waals surface area contributed by atoms with Gasteiger partial charge in [-0.3, -0.25) is 4.79 Å². The maximum absolute atomic E-state index is 13.2. The predicted molar refractivity (Wildman–Crippen MR) is 111 cm³/mol. The molecule has 1 aliphatic rings. The molecule has 0 fully saturated rings. The summed E-state index contributed by atoms with van der Waals surface area (Å²) in [6.45, 7) is 2.63. The van der Waals surface area contributed by atoms with Crippen LogP contribution in [-0.4, -0.2) is 16.9 Å². The number of halogens is 1. The van der Waals surface area contributed by atoms with Gasteiger partial charge in [0.15, 0.2) is 0 Å². The van der Waals surface area contributed by atoms with Crippen molar-refractivity contribution in [2.75, 3.05) is 15.9 Å². The molecule has 5 heteroatoms. The van der Waals surface area contributed by atoms with Crippen molar-refractivity contribution in [1.29, 1.82) is 5.26 Å². The smallest absolute Gasteiger partial charge is 0.272 e. The zero-order chi connectivity index (χ0) is 18.5. The van der Waals surface area contributed by atoms with Crippen LogP contribution in [0.4, 0.5) is 5.69 Å². The molecule has 0 N–H and O–H groups in total. The summed E-state index contributed by atoms with van der Waals surface area (Å²) in [7, 11) is 0. The van der Waals surface area contributed by atoms with E-state index < -0.39 is 6.10 Å². The molecule has 0 radical (unpaired) electrons. The van der Waals surface area contributed by atoms with Gasteiger partial charge in [0.05, 0.1) is 17.3 Å². The summed E-state index contributed by atoms with van der Waals surface area (Å²) >= 11 is 2.38. The van der Waals surface area contributed by atoms with Crippen LogP contribution in [0.2, 0.25) is 0 Å². The molecule has 0 spiro atoms. The molecule has 26 heavy (non-hydrogen) atoms. The molecule has 1 atom stereocenters. The van der Waals surface area contributed by atoms with Gasteiger partial charge in [-0.15, -0.1) is 0 Å². The summed E-state index contributed by atoms with van der Waals surface area (Å²) in [5, 5.41) is 9.21. The van der Waals surface area contributed by atoms with Crippen molar-refractivity contribution in [3.8, 4) is 11.8 Å². The van der Waals surface area contributed by atoms with Gasteiger partial charge in [-0.05, 0) is 54.0 Å². The second-order valence-corrected chi connectivity index (χ2v) is 7.47. The molecule has 0 bridgehead atoms. The molecule has 2 aromatic carbocycles. The fourth-order valence-corrected chi connectivity index (χ4v) is 3.72. The first-order valence-corrected chi connectivity index (χ1v) is 10.3. The van der Waals surface area contributed by atoms with Gasteiger partial charge in [-0.2, -0.15) is 5.26 Å². The Hall–Kier alpha value is -2.07. The fraction of sp³-hybridized carbons (Fsp3) is 0.333. The standard InChI is InChI=1S/C21H21IN2O2/c1-15-9-10-16(14-23)13-17(15)20-21(25)24(12-6-2-5-11-22)18-7-3-4-8-19(18)26-20/h3-4,7-10,13,20H,2,5-6,11-12H2,1H3/t20-/m0/s1. The predicted octanol–water partition coefficient (Wildman–Crippen LogP) is 4.94. The van der Waals surface area contributed by atoms with Crippen LogP contribution < -0.4 is 9.64 Å². The number of benzene rings is 2. The molecule has 1 aliphatic heterocycles. The Kier molecular flexibility index (Phi) is 6.15. The Morgan fingerprint density at radius 2 is 2.00 bits per heavy atom. The topological polar surface area (TPSA) is 53.3 Å². The fourth-order valence-electron chi connectivity index (χ4n) is 3.18. The van der Waals surface area contributed by atoms with Crippen LogP contribution >= 0.6 is 22.6 Å². The van der Waals surface area contributed by atoms with Gasteiger partial charge in [-0.25, -0.2) is 0 Å². The van der Waals surface area contributed by atoms with E-state index in [2.05, 4.69) is 28.7 Å². The molecule has 134 valence electrons. The lowest BCUT2D eigenvalue weighted by atomic mass is 9.98. The van der Waals surface area contributed by atoms with Crippen LogP contribution in [0, 0.1) is 18.3 Å². The molecule has 2 aromatic rings. The Labute approximate surface area is 167 Å². The Bertz CT molecular complexity index is 844. The minimum atomic E-state index is -0.706. The van der Waals surface area contributed by atoms with Crippen LogP contribution in [0.1, 0.15) is 42.1 Å². The first-order valence-electron chi connectivity index (χ1n) is 8.79. The van der Waals surface area contributed by atoms with Crippen molar-refractivity contribution in [2.45, 2.75) is 32.3 Å². The number of carbonyl (C=O) groups excluding carboxylic acids is 1. The third-order valence-corrected chi connectivity index (χ3v) is 5.36. The van der Waals surface area contributed by atoms with E-state index in [1.165, 1.54) is 0 Å². The van der Waals surface area contributed by atoms with E-state index in [0.717, 1.165) is 40.5 Å². The van der Waals surface area contributed by atoms with Crippen molar-refractivity contribution >= 4 is 34.2 Å². The second-order valence-electron chi connectivity index (χ2n) is 6.39. The SMILES string of the molecule is Cc1ccc(C#N)cc1[C@@H]1Oc2ccccc2N(CCCCCI)C1=O. The lowest BCUT2D eigenvalue weighted by Crippen LogP contribution is -2.42. The Balaban J connectivity index is 1.94. The summed E-state index contributed by atoms with van der Waals surface area (Å²) in [4.78, 5) is 15.1. The average Bonchev–Trinajstić information content (AvgIpc) is 2.67. The highest BCUT2D eigenvalue weighted by atomic mass is 127. The van der Waals surface area contributed by atoms with E-state index in [9.17, 15) is 10.1 Å². The molecule has 0 aromatic heterocycles. The van der Waals surface area contributed by atoms with E-state index in [1.807, 2.05) is 42.2 Å². The van der Waals surface area contributed by atoms with Crippen molar-refractivity contribution in [3.05, 3.63) is 59.2 Å². The highest BCUT2D eigenvalue weighted by molar-refractivity contribution is 14.1. The summed E-state index contributed by atoms with van der Waals surface area (Å²) in [5.74, 6) is 0.657. The van der Waals surface area contributed by atoms with Crippen LogP contribution in [0.25, 0.3) is 0 Å². The molecular weight excluding hydrogens is 439 g/mol. The van der Waals surface area contributed by atoms with E-state index in [0.29, 0.717) is 17.9 Å². The second kappa shape index (κ2) is 8.54. The maximum atomic E-state index is 13.2. The van der Waals surface area contributed by atoms with Gasteiger partial charge in [-0.1, -0.05) is 47.2 Å². The zero-order valence-corrected chi connectivity index (χ0v) is 16.9. The van der Waals surface area contributed by atoms with E-state index >= 15 is 0 Å². The van der Waals surface area contributed by atoms with E-state index in [-0.39, 0.29) is 5.91 Å². The lowest BCUT2D eigenvalue weighted by Gasteiger charge is -2.35. The monoisotopic (exact) mass is 460 g/mol. The number of nitriles is 1. The molecule has 0 aliphatic carbocycles. The molecule has 0 saturated heterocycles. The largest absolute Gasteiger partial charge is 0.474 e. The first kappa shape index (κ1) is 18.7. The van der Waals surface area contributed by atoms with Crippen molar-refractivity contribution in [1.82, 2.24) is 0 Å². The van der Waals surface area contributed by atoms with E-state index in [4.69, 9.17) is 4.74 Å². The molecule has 1 amide bonds. The van der Waals surface area contributed by atoms with Gasteiger partial charge in [0.1, 0.15) is 5.75 Å². The van der Waals surface area contributed by atoms with Gasteiger partial charge in [0.25, 0.3) is 5.91 Å². The number of ether oxygens (including phenoxy) is 1. The minimum absolute atomic E-state index is 0.0589. The zero-order valence-electron chi connectivity index (χ0n) is 14.7. The van der Waals surface area contributed by atoms with Gasteiger partial charge in [0, 0.05) is 12.1 Å². The molecule has 3 rings (SSSR count). The minimum Gasteiger partial charge on any atom is -0.474 e. The third kappa shape index (κ3) is 3.85. The summed E-state index contributed by atoms with van der Waals surface area (Å²) in [6.07, 6.45) is 2.52. The number of nitrogens with zero attached hydrogens (tertiary/aromatic N) is 2. The number of alkyl halides is 1. The number of fused-ring (bicyclic) bond motifs is 1. The molecule has 0 unspecified atom stereocenters. The van der Waals surface area contributed by atoms with Gasteiger partial charge < -0.3 is 9.64 Å². The summed E-state index contributed by atoms with van der Waals surface area (Å²) < 4.78 is 7.20. The number of hydrogen-bond acceptors (Lipinski definition) is 3. The van der Waals surface area contributed by atoms with Crippen LogP contribution in [-0.2, 0) is 4.79 Å². The lowest BCUT2D eigenvalue weighted by molar-refractivity contribution is -0.126. The number of para-hydroxylation sites is 2. The molecule has 0 saturated carbocycles. The summed E-state index contributed by atoms with van der Waals surface area (Å²) in [5.41, 5.74) is 3.08. The van der Waals surface area contributed by atoms with Crippen LogP contribution in [0.15, 0.2) is 42.5 Å². The number of hydrogen-bond donors (Lipinski definition) is 0. The third-order valence-electron chi connectivity index (χ3n) is 4.60. The number of aryl methyl sites for hydroxylation is 1. The number of unbranched alkanes of at least 4 members (excludes halogenated alkanes) is 2. The quantitative estimate of drug-likeness (QED) is 0.349. The first-order chi connectivity index (χ1) is 12.7. The van der Waals surface area contributed by atoms with Crippen LogP contribution in [0.3, 0.4) is 0 Å². The normalized spacial score (nSPS) is 16.0. The van der Waals surface area contributed by atoms with Crippen molar-refractivity contribution in [2.24, 2.45) is 0 Å². The Morgan fingerprint density at radius 1 is 1.19 bits per heavy atom. The molecule has 4 nitrogen and oxygen atoms in total. The summed E-state index contributed by atoms with van der Waals surface area (Å²) in [6, 6.07) is 15.2. The van der Waals surface area contributed by atoms with Crippen molar-refractivity contribution < 1.29 is 9.53 Å². The van der Waals surface area contributed by atoms with Crippen LogP contribution in [0.5, 0.6) is 5.75 Å².